The predicted octanol–water partition coefficient (Wildman–Crippen LogP) is 12.6. The van der Waals surface area contributed by atoms with Crippen molar-refractivity contribution in [3.8, 4) is 22.3 Å². The monoisotopic (exact) mass is 587 g/mol. The maximum Gasteiger partial charge on any atom is 0.0546 e. The molecule has 0 fully saturated rings. The van der Waals surface area contributed by atoms with Crippen LogP contribution in [0.15, 0.2) is 164 Å². The number of para-hydroxylation sites is 1. The van der Waals surface area contributed by atoms with Crippen LogP contribution in [0.25, 0.3) is 54.6 Å². The van der Waals surface area contributed by atoms with E-state index in [-0.39, 0.29) is 5.41 Å². The second kappa shape index (κ2) is 10.2. The van der Waals surface area contributed by atoms with E-state index < -0.39 is 0 Å². The molecule has 0 N–H and O–H groups in total. The van der Waals surface area contributed by atoms with E-state index in [2.05, 4.69) is 183 Å². The van der Waals surface area contributed by atoms with Crippen LogP contribution in [0.5, 0.6) is 0 Å². The first-order chi connectivity index (χ1) is 22.6. The molecule has 0 spiro atoms. The van der Waals surface area contributed by atoms with Crippen molar-refractivity contribution < 1.29 is 0 Å². The molecule has 8 aromatic rings. The van der Waals surface area contributed by atoms with Gasteiger partial charge in [0.15, 0.2) is 0 Å². The van der Waals surface area contributed by atoms with Crippen molar-refractivity contribution in [1.82, 2.24) is 0 Å². The average Bonchev–Trinajstić information content (AvgIpc) is 3.32. The molecular weight excluding hydrogens is 555 g/mol. The van der Waals surface area contributed by atoms with Crippen LogP contribution in [0.2, 0.25) is 0 Å². The minimum Gasteiger partial charge on any atom is -0.310 e. The van der Waals surface area contributed by atoms with Gasteiger partial charge in [-0.2, -0.15) is 0 Å². The molecule has 0 aliphatic heterocycles. The fourth-order valence-electron chi connectivity index (χ4n) is 7.74. The number of anilines is 3. The Morgan fingerprint density at radius 1 is 0.391 bits per heavy atom. The molecule has 0 atom stereocenters. The lowest BCUT2D eigenvalue weighted by molar-refractivity contribution is 0.661. The largest absolute Gasteiger partial charge is 0.310 e. The molecule has 0 bridgehead atoms. The summed E-state index contributed by atoms with van der Waals surface area (Å²) < 4.78 is 0. The van der Waals surface area contributed by atoms with E-state index in [0.29, 0.717) is 0 Å². The van der Waals surface area contributed by atoms with E-state index in [1.165, 1.54) is 65.7 Å². The molecule has 9 rings (SSSR count). The maximum atomic E-state index is 2.45. The minimum atomic E-state index is -0.0815. The van der Waals surface area contributed by atoms with Gasteiger partial charge in [-0.3, -0.25) is 0 Å². The van der Waals surface area contributed by atoms with Crippen molar-refractivity contribution in [3.63, 3.8) is 0 Å². The quantitative estimate of drug-likeness (QED) is 0.198. The Morgan fingerprint density at radius 3 is 1.78 bits per heavy atom. The van der Waals surface area contributed by atoms with Crippen molar-refractivity contribution >= 4 is 49.4 Å². The van der Waals surface area contributed by atoms with Crippen LogP contribution in [0.4, 0.5) is 17.1 Å². The molecule has 0 heterocycles. The molecule has 0 aromatic heterocycles. The number of hydrogen-bond donors (Lipinski definition) is 0. The van der Waals surface area contributed by atoms with Gasteiger partial charge in [0.25, 0.3) is 0 Å². The van der Waals surface area contributed by atoms with E-state index in [1.807, 2.05) is 0 Å². The van der Waals surface area contributed by atoms with Crippen LogP contribution in [-0.2, 0) is 5.41 Å². The average molecular weight is 588 g/mol. The smallest absolute Gasteiger partial charge is 0.0546 e. The first-order valence-electron chi connectivity index (χ1n) is 16.1. The van der Waals surface area contributed by atoms with Crippen LogP contribution >= 0.6 is 0 Å². The van der Waals surface area contributed by atoms with Gasteiger partial charge < -0.3 is 4.90 Å². The molecule has 1 heteroatoms. The van der Waals surface area contributed by atoms with Crippen molar-refractivity contribution in [3.05, 3.63) is 175 Å². The van der Waals surface area contributed by atoms with Crippen LogP contribution in [0.3, 0.4) is 0 Å². The zero-order chi connectivity index (χ0) is 30.8. The Labute approximate surface area is 270 Å². The Balaban J connectivity index is 1.34. The molecule has 8 aromatic carbocycles. The normalized spacial score (nSPS) is 13.2. The number of hydrogen-bond acceptors (Lipinski definition) is 1. The topological polar surface area (TPSA) is 3.24 Å². The molecule has 1 aliphatic carbocycles. The van der Waals surface area contributed by atoms with Gasteiger partial charge in [-0.25, -0.2) is 0 Å². The highest BCUT2D eigenvalue weighted by Crippen LogP contribution is 2.53. The first kappa shape index (κ1) is 26.7. The van der Waals surface area contributed by atoms with Crippen molar-refractivity contribution in [2.24, 2.45) is 0 Å². The first-order valence-corrected chi connectivity index (χ1v) is 16.1. The third kappa shape index (κ3) is 4.02. The molecule has 0 unspecified atom stereocenters. The second-order valence-electron chi connectivity index (χ2n) is 13.0. The summed E-state index contributed by atoms with van der Waals surface area (Å²) in [7, 11) is 0. The molecule has 0 saturated carbocycles. The fourth-order valence-corrected chi connectivity index (χ4v) is 7.74. The molecule has 46 heavy (non-hydrogen) atoms. The zero-order valence-electron chi connectivity index (χ0n) is 26.0. The van der Waals surface area contributed by atoms with Crippen molar-refractivity contribution in [1.29, 1.82) is 0 Å². The van der Waals surface area contributed by atoms with Crippen LogP contribution < -0.4 is 4.90 Å². The minimum absolute atomic E-state index is 0.0815. The summed E-state index contributed by atoms with van der Waals surface area (Å²) in [6.07, 6.45) is 0. The highest BCUT2D eigenvalue weighted by Gasteiger charge is 2.36. The lowest BCUT2D eigenvalue weighted by Crippen LogP contribution is -2.15. The summed E-state index contributed by atoms with van der Waals surface area (Å²) in [6.45, 7) is 4.73. The van der Waals surface area contributed by atoms with E-state index >= 15 is 0 Å². The number of fused-ring (bicyclic) bond motifs is 6. The summed E-state index contributed by atoms with van der Waals surface area (Å²) >= 11 is 0. The van der Waals surface area contributed by atoms with Gasteiger partial charge in [0, 0.05) is 22.4 Å². The lowest BCUT2D eigenvalue weighted by atomic mass is 9.82. The zero-order valence-corrected chi connectivity index (χ0v) is 26.0. The predicted molar refractivity (Wildman–Crippen MR) is 197 cm³/mol. The number of rotatable bonds is 4. The summed E-state index contributed by atoms with van der Waals surface area (Å²) in [4.78, 5) is 2.45. The Morgan fingerprint density at radius 2 is 1.00 bits per heavy atom. The molecule has 1 aliphatic rings. The molecule has 0 amide bonds. The standard InChI is InChI=1S/C45H33N/c1-45(2)41-25-24-35(29-40(41)39-27-32-15-6-7-16-33(32)28-42(39)45)46(34-18-4-3-5-19-34)43-26-23-31-14-9-11-21-37(31)44(43)38-22-12-17-30-13-8-10-20-36(30)38/h3-29H,1-2H3. The van der Waals surface area contributed by atoms with Gasteiger partial charge in [0.1, 0.15) is 0 Å². The highest BCUT2D eigenvalue weighted by molar-refractivity contribution is 6.11. The lowest BCUT2D eigenvalue weighted by Gasteiger charge is -2.30. The number of benzene rings is 8. The Bertz CT molecular complexity index is 2450. The van der Waals surface area contributed by atoms with Gasteiger partial charge in [-0.05, 0) is 103 Å². The third-order valence-corrected chi connectivity index (χ3v) is 10.0. The third-order valence-electron chi connectivity index (χ3n) is 10.0. The SMILES string of the molecule is CC1(C)c2ccc(N(c3ccccc3)c3ccc4ccccc4c3-c3cccc4ccccc34)cc2-c2cc3ccccc3cc21. The summed E-state index contributed by atoms with van der Waals surface area (Å²) in [5, 5.41) is 7.56. The van der Waals surface area contributed by atoms with Crippen LogP contribution in [-0.4, -0.2) is 0 Å². The fraction of sp³-hybridized carbons (Fsp3) is 0.0667. The van der Waals surface area contributed by atoms with Gasteiger partial charge in [0.2, 0.25) is 0 Å². The Kier molecular flexibility index (Phi) is 5.92. The van der Waals surface area contributed by atoms with Gasteiger partial charge in [0.05, 0.1) is 5.69 Å². The molecule has 0 radical (unpaired) electrons. The second-order valence-corrected chi connectivity index (χ2v) is 13.0. The van der Waals surface area contributed by atoms with E-state index in [1.54, 1.807) is 0 Å². The summed E-state index contributed by atoms with van der Waals surface area (Å²) in [5.74, 6) is 0. The maximum absolute atomic E-state index is 2.45. The van der Waals surface area contributed by atoms with Gasteiger partial charge in [-0.1, -0.05) is 135 Å². The van der Waals surface area contributed by atoms with Crippen molar-refractivity contribution in [2.45, 2.75) is 19.3 Å². The molecule has 1 nitrogen and oxygen atoms in total. The molecule has 0 saturated heterocycles. The summed E-state index contributed by atoms with van der Waals surface area (Å²) in [6, 6.07) is 60.2. The van der Waals surface area contributed by atoms with E-state index in [9.17, 15) is 0 Å². The molecule has 218 valence electrons. The van der Waals surface area contributed by atoms with E-state index in [0.717, 1.165) is 17.1 Å². The highest BCUT2D eigenvalue weighted by atomic mass is 15.1. The van der Waals surface area contributed by atoms with Crippen molar-refractivity contribution in [2.75, 3.05) is 4.90 Å². The van der Waals surface area contributed by atoms with Crippen LogP contribution in [0, 0.1) is 0 Å². The number of nitrogens with zero attached hydrogens (tertiary/aromatic N) is 1. The van der Waals surface area contributed by atoms with E-state index in [4.69, 9.17) is 0 Å². The van der Waals surface area contributed by atoms with Gasteiger partial charge in [-0.15, -0.1) is 0 Å². The summed E-state index contributed by atoms with van der Waals surface area (Å²) in [5.41, 5.74) is 11.3. The van der Waals surface area contributed by atoms with Gasteiger partial charge >= 0.3 is 0 Å². The Hall–Kier alpha value is -5.66. The molecular formula is C45H33N. The van der Waals surface area contributed by atoms with Crippen LogP contribution in [0.1, 0.15) is 25.0 Å².